The lowest BCUT2D eigenvalue weighted by Gasteiger charge is -2.19. The summed E-state index contributed by atoms with van der Waals surface area (Å²) < 4.78 is 11.2. The zero-order valence-electron chi connectivity index (χ0n) is 21.3. The standard InChI is InChI=1S/C29H33N3O5S/c1-38-24-17-13-22(14-18-24)31-29(35)37-27(21-11-15-23(16-12-21)36-20-19-33)9-3-2-4-10-28(34)32-26-8-6-5-7-25(26)30/h4-8,10-18,27,33H,2-3,9,19-20,30H2,1H3,(H,31,35)(H,32,34)/b10-4+/t27-/m1/s1. The summed E-state index contributed by atoms with van der Waals surface area (Å²) in [5, 5.41) is 14.5. The number of amides is 2. The van der Waals surface area contributed by atoms with Gasteiger partial charge in [0.05, 0.1) is 18.0 Å². The number of nitrogens with one attached hydrogen (secondary N) is 2. The van der Waals surface area contributed by atoms with Crippen LogP contribution in [0.3, 0.4) is 0 Å². The monoisotopic (exact) mass is 535 g/mol. The molecule has 1 atom stereocenters. The zero-order chi connectivity index (χ0) is 27.2. The molecule has 2 amide bonds. The second kappa shape index (κ2) is 15.3. The molecule has 0 unspecified atom stereocenters. The van der Waals surface area contributed by atoms with E-state index in [4.69, 9.17) is 20.3 Å². The molecule has 3 aromatic carbocycles. The van der Waals surface area contributed by atoms with Crippen molar-refractivity contribution in [2.75, 3.05) is 35.8 Å². The van der Waals surface area contributed by atoms with Crippen LogP contribution < -0.4 is 21.1 Å². The number of para-hydroxylation sites is 2. The number of thioether (sulfide) groups is 1. The Hall–Kier alpha value is -3.95. The number of carbonyl (C=O) groups excluding carboxylic acids is 2. The summed E-state index contributed by atoms with van der Waals surface area (Å²) >= 11 is 1.62. The van der Waals surface area contributed by atoms with Gasteiger partial charge >= 0.3 is 6.09 Å². The van der Waals surface area contributed by atoms with Gasteiger partial charge in [-0.3, -0.25) is 10.1 Å². The highest BCUT2D eigenvalue weighted by atomic mass is 32.2. The van der Waals surface area contributed by atoms with Crippen molar-refractivity contribution >= 4 is 40.8 Å². The Kier molecular flexibility index (Phi) is 11.5. The molecule has 3 rings (SSSR count). The SMILES string of the molecule is CSc1ccc(NC(=O)O[C@H](CCC/C=C/C(=O)Nc2ccccc2N)c2ccc(OCCO)cc2)cc1. The van der Waals surface area contributed by atoms with E-state index in [1.807, 2.05) is 42.7 Å². The predicted molar refractivity (Wildman–Crippen MR) is 153 cm³/mol. The van der Waals surface area contributed by atoms with E-state index in [0.29, 0.717) is 42.1 Å². The van der Waals surface area contributed by atoms with Gasteiger partial charge in [0.15, 0.2) is 0 Å². The summed E-state index contributed by atoms with van der Waals surface area (Å²) in [6.07, 6.45) is 6.04. The lowest BCUT2D eigenvalue weighted by molar-refractivity contribution is -0.111. The van der Waals surface area contributed by atoms with Crippen LogP contribution in [0.4, 0.5) is 21.9 Å². The zero-order valence-corrected chi connectivity index (χ0v) is 22.1. The van der Waals surface area contributed by atoms with Crippen molar-refractivity contribution in [3.05, 3.63) is 90.5 Å². The fraction of sp³-hybridized carbons (Fsp3) is 0.241. The number of allylic oxidation sites excluding steroid dienone is 1. The lowest BCUT2D eigenvalue weighted by atomic mass is 10.0. The molecule has 200 valence electrons. The molecule has 0 aliphatic rings. The number of aliphatic hydroxyl groups is 1. The number of ether oxygens (including phenoxy) is 2. The summed E-state index contributed by atoms with van der Waals surface area (Å²) in [4.78, 5) is 26.0. The first kappa shape index (κ1) is 28.6. The Morgan fingerprint density at radius 3 is 2.45 bits per heavy atom. The van der Waals surface area contributed by atoms with E-state index in [1.165, 1.54) is 6.08 Å². The maximum atomic E-state index is 12.7. The van der Waals surface area contributed by atoms with Crippen LogP contribution in [-0.2, 0) is 9.53 Å². The molecule has 0 fully saturated rings. The smallest absolute Gasteiger partial charge is 0.412 e. The highest BCUT2D eigenvalue weighted by Gasteiger charge is 2.17. The molecule has 0 bridgehead atoms. The van der Waals surface area contributed by atoms with Crippen LogP contribution in [0.15, 0.2) is 89.8 Å². The number of hydrogen-bond acceptors (Lipinski definition) is 7. The maximum Gasteiger partial charge on any atom is 0.412 e. The molecule has 38 heavy (non-hydrogen) atoms. The average Bonchev–Trinajstić information content (AvgIpc) is 2.93. The van der Waals surface area contributed by atoms with Crippen LogP contribution in [0.2, 0.25) is 0 Å². The van der Waals surface area contributed by atoms with Crippen molar-refractivity contribution in [1.29, 1.82) is 0 Å². The number of hydrogen-bond donors (Lipinski definition) is 4. The normalized spacial score (nSPS) is 11.6. The topological polar surface area (TPSA) is 123 Å². The molecule has 8 nitrogen and oxygen atoms in total. The van der Waals surface area contributed by atoms with Gasteiger partial charge in [0.25, 0.3) is 0 Å². The van der Waals surface area contributed by atoms with Crippen molar-refractivity contribution in [3.63, 3.8) is 0 Å². The second-order valence-electron chi connectivity index (χ2n) is 8.30. The maximum absolute atomic E-state index is 12.7. The number of nitrogen functional groups attached to an aromatic ring is 1. The van der Waals surface area contributed by atoms with Crippen LogP contribution in [0.25, 0.3) is 0 Å². The summed E-state index contributed by atoms with van der Waals surface area (Å²) in [5.74, 6) is 0.355. The Balaban J connectivity index is 1.58. The predicted octanol–water partition coefficient (Wildman–Crippen LogP) is 6.02. The average molecular weight is 536 g/mol. The number of unbranched alkanes of at least 4 members (excludes halogenated alkanes) is 1. The molecule has 0 aliphatic carbocycles. The summed E-state index contributed by atoms with van der Waals surface area (Å²) in [6, 6.07) is 21.8. The van der Waals surface area contributed by atoms with Crippen molar-refractivity contribution in [1.82, 2.24) is 0 Å². The van der Waals surface area contributed by atoms with Crippen LogP contribution in [0, 0.1) is 0 Å². The third kappa shape index (κ3) is 9.49. The van der Waals surface area contributed by atoms with Gasteiger partial charge < -0.3 is 25.6 Å². The highest BCUT2D eigenvalue weighted by molar-refractivity contribution is 7.98. The molecule has 0 radical (unpaired) electrons. The molecular weight excluding hydrogens is 502 g/mol. The van der Waals surface area contributed by atoms with Crippen molar-refractivity contribution in [3.8, 4) is 5.75 Å². The van der Waals surface area contributed by atoms with Crippen molar-refractivity contribution in [2.45, 2.75) is 30.3 Å². The van der Waals surface area contributed by atoms with Gasteiger partial charge in [0.1, 0.15) is 18.5 Å². The Labute approximate surface area is 227 Å². The summed E-state index contributed by atoms with van der Waals surface area (Å²) in [6.45, 7) is 0.129. The van der Waals surface area contributed by atoms with Crippen LogP contribution in [-0.4, -0.2) is 36.6 Å². The molecule has 0 heterocycles. The molecule has 5 N–H and O–H groups in total. The van der Waals surface area contributed by atoms with Gasteiger partial charge in [-0.05, 0) is 85.7 Å². The second-order valence-corrected chi connectivity index (χ2v) is 9.18. The molecule has 9 heteroatoms. The van der Waals surface area contributed by atoms with Crippen LogP contribution in [0.1, 0.15) is 30.9 Å². The number of anilines is 3. The Bertz CT molecular complexity index is 1200. The minimum absolute atomic E-state index is 0.0736. The number of nitrogens with two attached hydrogens (primary N) is 1. The molecule has 0 spiro atoms. The third-order valence-electron chi connectivity index (χ3n) is 5.52. The van der Waals surface area contributed by atoms with E-state index in [9.17, 15) is 9.59 Å². The number of benzene rings is 3. The molecule has 0 aromatic heterocycles. The number of rotatable bonds is 13. The van der Waals surface area contributed by atoms with Gasteiger partial charge in [-0.25, -0.2) is 4.79 Å². The van der Waals surface area contributed by atoms with Crippen LogP contribution >= 0.6 is 11.8 Å². The van der Waals surface area contributed by atoms with Crippen LogP contribution in [0.5, 0.6) is 5.75 Å². The molecule has 0 saturated heterocycles. The lowest BCUT2D eigenvalue weighted by Crippen LogP contribution is -2.17. The number of aliphatic hydroxyl groups excluding tert-OH is 1. The highest BCUT2D eigenvalue weighted by Crippen LogP contribution is 2.27. The molecule has 0 aliphatic heterocycles. The van der Waals surface area contributed by atoms with Gasteiger partial charge in [0, 0.05) is 10.6 Å². The number of carbonyl (C=O) groups is 2. The Morgan fingerprint density at radius 2 is 1.76 bits per heavy atom. The van der Waals surface area contributed by atoms with E-state index in [2.05, 4.69) is 10.6 Å². The molecule has 3 aromatic rings. The van der Waals surface area contributed by atoms with E-state index in [-0.39, 0.29) is 19.1 Å². The van der Waals surface area contributed by atoms with Gasteiger partial charge in [0.2, 0.25) is 5.91 Å². The summed E-state index contributed by atoms with van der Waals surface area (Å²) in [7, 11) is 0. The fourth-order valence-corrected chi connectivity index (χ4v) is 3.99. The molecule has 0 saturated carbocycles. The largest absolute Gasteiger partial charge is 0.491 e. The summed E-state index contributed by atoms with van der Waals surface area (Å²) in [5.41, 5.74) is 8.39. The van der Waals surface area contributed by atoms with Gasteiger partial charge in [-0.2, -0.15) is 0 Å². The van der Waals surface area contributed by atoms with Crippen molar-refractivity contribution in [2.24, 2.45) is 0 Å². The van der Waals surface area contributed by atoms with E-state index in [1.54, 1.807) is 54.2 Å². The first-order valence-electron chi connectivity index (χ1n) is 12.3. The first-order chi connectivity index (χ1) is 18.5. The first-order valence-corrected chi connectivity index (χ1v) is 13.5. The van der Waals surface area contributed by atoms with Crippen molar-refractivity contribution < 1.29 is 24.2 Å². The van der Waals surface area contributed by atoms with Gasteiger partial charge in [-0.15, -0.1) is 11.8 Å². The molecular formula is C29H33N3O5S. The fourth-order valence-electron chi connectivity index (χ4n) is 3.58. The van der Waals surface area contributed by atoms with E-state index < -0.39 is 12.2 Å². The minimum atomic E-state index is -0.553. The van der Waals surface area contributed by atoms with E-state index in [0.717, 1.165) is 10.5 Å². The quantitative estimate of drug-likeness (QED) is 0.0914. The van der Waals surface area contributed by atoms with Gasteiger partial charge in [-0.1, -0.05) is 30.3 Å². The Morgan fingerprint density at radius 1 is 1.03 bits per heavy atom. The minimum Gasteiger partial charge on any atom is -0.491 e. The van der Waals surface area contributed by atoms with E-state index >= 15 is 0 Å². The third-order valence-corrected chi connectivity index (χ3v) is 6.27.